The number of nitrogens with zero attached hydrogens (tertiary/aromatic N) is 4. The number of carbonyl (C=O) groups excluding carboxylic acids is 1. The predicted octanol–water partition coefficient (Wildman–Crippen LogP) is 1.77. The fourth-order valence-electron chi connectivity index (χ4n) is 4.51. The Labute approximate surface area is 150 Å². The molecule has 3 fully saturated rings. The normalized spacial score (nSPS) is 26.5. The lowest BCUT2D eigenvalue weighted by molar-refractivity contribution is 0.0578. The number of likely N-dealkylation sites (N-methyl/N-ethyl adjacent to an activating group) is 1. The minimum atomic E-state index is 0.116. The molecule has 1 aromatic rings. The van der Waals surface area contributed by atoms with Gasteiger partial charge in [0.1, 0.15) is 5.69 Å². The second kappa shape index (κ2) is 6.72. The average Bonchev–Trinajstić information content (AvgIpc) is 3.24. The third-order valence-electron chi connectivity index (χ3n) is 6.39. The zero-order valence-electron chi connectivity index (χ0n) is 15.5. The van der Waals surface area contributed by atoms with Gasteiger partial charge in [0.15, 0.2) is 0 Å². The molecule has 1 atom stereocenters. The smallest absolute Gasteiger partial charge is 0.272 e. The van der Waals surface area contributed by atoms with Crippen LogP contribution in [0.25, 0.3) is 0 Å². The molecule has 25 heavy (non-hydrogen) atoms. The number of carbonyl (C=O) groups is 1. The van der Waals surface area contributed by atoms with Crippen LogP contribution in [0.1, 0.15) is 42.6 Å². The molecule has 0 radical (unpaired) electrons. The van der Waals surface area contributed by atoms with Gasteiger partial charge >= 0.3 is 0 Å². The van der Waals surface area contributed by atoms with Gasteiger partial charge in [-0.3, -0.25) is 9.48 Å². The van der Waals surface area contributed by atoms with Crippen molar-refractivity contribution in [1.29, 1.82) is 0 Å². The molecule has 0 bridgehead atoms. The molecule has 3 aliphatic rings. The summed E-state index contributed by atoms with van der Waals surface area (Å²) in [6.07, 6.45) is 7.80. The summed E-state index contributed by atoms with van der Waals surface area (Å²) in [7, 11) is 4.06. The summed E-state index contributed by atoms with van der Waals surface area (Å²) < 4.78 is 7.62. The highest BCUT2D eigenvalue weighted by Crippen LogP contribution is 2.43. The van der Waals surface area contributed by atoms with Crippen molar-refractivity contribution in [2.45, 2.75) is 38.1 Å². The third-order valence-corrected chi connectivity index (χ3v) is 6.39. The zero-order chi connectivity index (χ0) is 17.4. The first-order valence-electron chi connectivity index (χ1n) is 9.62. The van der Waals surface area contributed by atoms with Gasteiger partial charge in [0.25, 0.3) is 5.91 Å². The second-order valence-corrected chi connectivity index (χ2v) is 8.39. The Hall–Kier alpha value is -1.40. The molecule has 1 amide bonds. The predicted molar refractivity (Wildman–Crippen MR) is 95.4 cm³/mol. The first kappa shape index (κ1) is 17.0. The average molecular weight is 346 g/mol. The summed E-state index contributed by atoms with van der Waals surface area (Å²) >= 11 is 0. The summed E-state index contributed by atoms with van der Waals surface area (Å²) in [6, 6.07) is 2.35. The van der Waals surface area contributed by atoms with Gasteiger partial charge in [0.2, 0.25) is 0 Å². The van der Waals surface area contributed by atoms with Gasteiger partial charge < -0.3 is 14.5 Å². The maximum atomic E-state index is 12.7. The standard InChI is InChI=1S/C19H30N4O2/c1-21-14-19(11-16(21)13-25-12-15-3-4-15)6-9-23(10-7-19)18(24)17-5-8-20-22(17)2/h5,8,15-16H,3-4,6-7,9-14H2,1-2H3/t16-/m0/s1. The number of amides is 1. The Balaban J connectivity index is 1.30. The van der Waals surface area contributed by atoms with E-state index in [0.29, 0.717) is 17.2 Å². The first-order valence-corrected chi connectivity index (χ1v) is 9.62. The Bertz CT molecular complexity index is 617. The highest BCUT2D eigenvalue weighted by molar-refractivity contribution is 5.92. The molecule has 0 aromatic carbocycles. The lowest BCUT2D eigenvalue weighted by Crippen LogP contribution is -2.44. The SMILES string of the molecule is CN1CC2(CCN(C(=O)c3ccnn3C)CC2)C[C@H]1COCC1CC1. The van der Waals surface area contributed by atoms with Crippen molar-refractivity contribution < 1.29 is 9.53 Å². The Morgan fingerprint density at radius 2 is 2.04 bits per heavy atom. The maximum absolute atomic E-state index is 12.7. The van der Waals surface area contributed by atoms with Crippen molar-refractivity contribution in [1.82, 2.24) is 19.6 Å². The van der Waals surface area contributed by atoms with Crippen LogP contribution in [0.4, 0.5) is 0 Å². The largest absolute Gasteiger partial charge is 0.380 e. The fourth-order valence-corrected chi connectivity index (χ4v) is 4.51. The second-order valence-electron chi connectivity index (χ2n) is 8.39. The van der Waals surface area contributed by atoms with E-state index in [1.165, 1.54) is 19.3 Å². The molecule has 4 rings (SSSR count). The number of aryl methyl sites for hydroxylation is 1. The number of hydrogen-bond acceptors (Lipinski definition) is 4. The summed E-state index contributed by atoms with van der Waals surface area (Å²) in [6.45, 7) is 4.66. The summed E-state index contributed by atoms with van der Waals surface area (Å²) in [5.74, 6) is 0.951. The van der Waals surface area contributed by atoms with E-state index in [9.17, 15) is 4.79 Å². The van der Waals surface area contributed by atoms with Gasteiger partial charge in [-0.15, -0.1) is 0 Å². The number of aromatic nitrogens is 2. The van der Waals surface area contributed by atoms with Crippen molar-refractivity contribution in [2.24, 2.45) is 18.4 Å². The van der Waals surface area contributed by atoms with Gasteiger partial charge in [0, 0.05) is 45.5 Å². The van der Waals surface area contributed by atoms with E-state index in [1.54, 1.807) is 10.9 Å². The lowest BCUT2D eigenvalue weighted by Gasteiger charge is -2.39. The van der Waals surface area contributed by atoms with Gasteiger partial charge in [-0.1, -0.05) is 0 Å². The molecule has 6 nitrogen and oxygen atoms in total. The van der Waals surface area contributed by atoms with Crippen molar-refractivity contribution >= 4 is 5.91 Å². The van der Waals surface area contributed by atoms with E-state index < -0.39 is 0 Å². The van der Waals surface area contributed by atoms with Crippen molar-refractivity contribution in [3.8, 4) is 0 Å². The van der Waals surface area contributed by atoms with Gasteiger partial charge in [0.05, 0.1) is 6.61 Å². The van der Waals surface area contributed by atoms with Crippen molar-refractivity contribution in [3.63, 3.8) is 0 Å². The quantitative estimate of drug-likeness (QED) is 0.815. The van der Waals surface area contributed by atoms with Crippen LogP contribution in [-0.2, 0) is 11.8 Å². The van der Waals surface area contributed by atoms with Crippen LogP contribution < -0.4 is 0 Å². The molecular weight excluding hydrogens is 316 g/mol. The minimum absolute atomic E-state index is 0.116. The van der Waals surface area contributed by atoms with Crippen LogP contribution in [0.3, 0.4) is 0 Å². The molecule has 6 heteroatoms. The van der Waals surface area contributed by atoms with E-state index in [2.05, 4.69) is 17.0 Å². The highest BCUT2D eigenvalue weighted by Gasteiger charge is 2.45. The maximum Gasteiger partial charge on any atom is 0.272 e. The Morgan fingerprint density at radius 3 is 2.68 bits per heavy atom. The molecule has 2 saturated heterocycles. The van der Waals surface area contributed by atoms with Crippen LogP contribution in [0.2, 0.25) is 0 Å². The molecule has 1 spiro atoms. The van der Waals surface area contributed by atoms with E-state index in [0.717, 1.165) is 51.6 Å². The molecule has 138 valence electrons. The molecular formula is C19H30N4O2. The van der Waals surface area contributed by atoms with Crippen LogP contribution in [-0.4, -0.2) is 71.4 Å². The lowest BCUT2D eigenvalue weighted by atomic mass is 9.76. The van der Waals surface area contributed by atoms with E-state index in [4.69, 9.17) is 4.74 Å². The van der Waals surface area contributed by atoms with E-state index in [1.807, 2.05) is 18.0 Å². The number of rotatable bonds is 5. The molecule has 3 heterocycles. The molecule has 1 saturated carbocycles. The van der Waals surface area contributed by atoms with Gasteiger partial charge in [-0.25, -0.2) is 0 Å². The minimum Gasteiger partial charge on any atom is -0.380 e. The number of ether oxygens (including phenoxy) is 1. The first-order chi connectivity index (χ1) is 12.1. The summed E-state index contributed by atoms with van der Waals surface area (Å²) in [5.41, 5.74) is 1.05. The highest BCUT2D eigenvalue weighted by atomic mass is 16.5. The van der Waals surface area contributed by atoms with Gasteiger partial charge in [-0.2, -0.15) is 5.10 Å². The zero-order valence-corrected chi connectivity index (χ0v) is 15.5. The van der Waals surface area contributed by atoms with Gasteiger partial charge in [-0.05, 0) is 56.6 Å². The van der Waals surface area contributed by atoms with E-state index >= 15 is 0 Å². The van der Waals surface area contributed by atoms with Crippen molar-refractivity contribution in [3.05, 3.63) is 18.0 Å². The molecule has 1 aliphatic carbocycles. The number of hydrogen-bond donors (Lipinski definition) is 0. The van der Waals surface area contributed by atoms with Crippen LogP contribution in [0.15, 0.2) is 12.3 Å². The van der Waals surface area contributed by atoms with E-state index in [-0.39, 0.29) is 5.91 Å². The summed E-state index contributed by atoms with van der Waals surface area (Å²) in [4.78, 5) is 17.1. The number of piperidine rings is 1. The fraction of sp³-hybridized carbons (Fsp3) is 0.789. The molecule has 0 unspecified atom stereocenters. The molecule has 2 aliphatic heterocycles. The van der Waals surface area contributed by atoms with Crippen LogP contribution in [0, 0.1) is 11.3 Å². The van der Waals surface area contributed by atoms with Crippen LogP contribution >= 0.6 is 0 Å². The Kier molecular flexibility index (Phi) is 4.58. The summed E-state index contributed by atoms with van der Waals surface area (Å²) in [5, 5.41) is 4.12. The van der Waals surface area contributed by atoms with Crippen LogP contribution in [0.5, 0.6) is 0 Å². The topological polar surface area (TPSA) is 50.6 Å². The Morgan fingerprint density at radius 1 is 1.28 bits per heavy atom. The molecule has 1 aromatic heterocycles. The third kappa shape index (κ3) is 3.60. The number of likely N-dealkylation sites (tertiary alicyclic amines) is 2. The monoisotopic (exact) mass is 346 g/mol. The molecule has 0 N–H and O–H groups in total. The van der Waals surface area contributed by atoms with Crippen molar-refractivity contribution in [2.75, 3.05) is 39.9 Å².